The van der Waals surface area contributed by atoms with Crippen molar-refractivity contribution < 1.29 is 14.7 Å². The molecule has 1 aliphatic rings. The summed E-state index contributed by atoms with van der Waals surface area (Å²) in [5.41, 5.74) is 2.46. The van der Waals surface area contributed by atoms with Gasteiger partial charge in [0, 0.05) is 11.5 Å². The minimum atomic E-state index is -0.842. The van der Waals surface area contributed by atoms with Gasteiger partial charge in [0.1, 0.15) is 16.6 Å². The highest BCUT2D eigenvalue weighted by molar-refractivity contribution is 7.16. The molecule has 1 fully saturated rings. The molecule has 0 bridgehead atoms. The lowest BCUT2D eigenvalue weighted by molar-refractivity contribution is -0.143. The topological polar surface area (TPSA) is 103 Å². The highest BCUT2D eigenvalue weighted by Gasteiger charge is 2.31. The predicted molar refractivity (Wildman–Crippen MR) is 98.7 cm³/mol. The van der Waals surface area contributed by atoms with Crippen molar-refractivity contribution in [3.05, 3.63) is 34.7 Å². The SMILES string of the molecule is Cc1cccc(-c2nc(NC(=O)C3CCCC(C(=O)O)C3)sc2C#N)c1. The van der Waals surface area contributed by atoms with Crippen molar-refractivity contribution in [2.24, 2.45) is 11.8 Å². The van der Waals surface area contributed by atoms with Gasteiger partial charge < -0.3 is 10.4 Å². The van der Waals surface area contributed by atoms with Crippen LogP contribution in [0.5, 0.6) is 0 Å². The number of hydrogen-bond acceptors (Lipinski definition) is 5. The van der Waals surface area contributed by atoms with Crippen molar-refractivity contribution in [1.82, 2.24) is 4.98 Å². The molecule has 7 heteroatoms. The maximum atomic E-state index is 12.5. The van der Waals surface area contributed by atoms with E-state index in [1.165, 1.54) is 0 Å². The van der Waals surface area contributed by atoms with E-state index in [1.807, 2.05) is 31.2 Å². The van der Waals surface area contributed by atoms with Gasteiger partial charge in [-0.15, -0.1) is 0 Å². The lowest BCUT2D eigenvalue weighted by Gasteiger charge is -2.25. The van der Waals surface area contributed by atoms with Crippen LogP contribution in [-0.2, 0) is 9.59 Å². The first-order chi connectivity index (χ1) is 12.5. The Kier molecular flexibility index (Phi) is 5.33. The van der Waals surface area contributed by atoms with Gasteiger partial charge in [0.05, 0.1) is 5.92 Å². The fourth-order valence-corrected chi connectivity index (χ4v) is 4.08. The van der Waals surface area contributed by atoms with Gasteiger partial charge in [0.2, 0.25) is 5.91 Å². The Morgan fingerprint density at radius 1 is 1.35 bits per heavy atom. The monoisotopic (exact) mass is 369 g/mol. The Bertz CT molecular complexity index is 884. The lowest BCUT2D eigenvalue weighted by atomic mass is 9.81. The molecule has 2 unspecified atom stereocenters. The first-order valence-electron chi connectivity index (χ1n) is 8.49. The van der Waals surface area contributed by atoms with E-state index in [1.54, 1.807) is 0 Å². The summed E-state index contributed by atoms with van der Waals surface area (Å²) in [6, 6.07) is 9.83. The molecule has 1 amide bonds. The second-order valence-electron chi connectivity index (χ2n) is 6.57. The zero-order valence-electron chi connectivity index (χ0n) is 14.4. The number of nitrogens with one attached hydrogen (secondary N) is 1. The predicted octanol–water partition coefficient (Wildman–Crippen LogP) is 3.82. The third kappa shape index (κ3) is 3.92. The van der Waals surface area contributed by atoms with Crippen molar-refractivity contribution in [3.8, 4) is 17.3 Å². The highest BCUT2D eigenvalue weighted by atomic mass is 32.1. The van der Waals surface area contributed by atoms with Crippen LogP contribution in [0.2, 0.25) is 0 Å². The number of nitrogens with zero attached hydrogens (tertiary/aromatic N) is 2. The number of hydrogen-bond donors (Lipinski definition) is 2. The average molecular weight is 369 g/mol. The molecule has 2 N–H and O–H groups in total. The number of carboxylic acids is 1. The van der Waals surface area contributed by atoms with Crippen LogP contribution in [0, 0.1) is 30.1 Å². The second-order valence-corrected chi connectivity index (χ2v) is 7.57. The fraction of sp³-hybridized carbons (Fsp3) is 0.368. The van der Waals surface area contributed by atoms with E-state index in [-0.39, 0.29) is 11.8 Å². The number of nitriles is 1. The molecule has 0 radical (unpaired) electrons. The maximum Gasteiger partial charge on any atom is 0.306 e. The minimum Gasteiger partial charge on any atom is -0.481 e. The molecule has 6 nitrogen and oxygen atoms in total. The van der Waals surface area contributed by atoms with Crippen LogP contribution in [0.1, 0.15) is 36.1 Å². The van der Waals surface area contributed by atoms with Crippen LogP contribution in [0.25, 0.3) is 11.3 Å². The van der Waals surface area contributed by atoms with E-state index in [0.717, 1.165) is 28.9 Å². The molecule has 2 aromatic rings. The first-order valence-corrected chi connectivity index (χ1v) is 9.31. The van der Waals surface area contributed by atoms with E-state index in [2.05, 4.69) is 16.4 Å². The second kappa shape index (κ2) is 7.67. The van der Waals surface area contributed by atoms with Crippen LogP contribution in [-0.4, -0.2) is 22.0 Å². The number of aryl methyl sites for hydroxylation is 1. The van der Waals surface area contributed by atoms with E-state index >= 15 is 0 Å². The maximum absolute atomic E-state index is 12.5. The number of carboxylic acid groups (broad SMARTS) is 1. The van der Waals surface area contributed by atoms with Crippen molar-refractivity contribution in [2.75, 3.05) is 5.32 Å². The molecule has 0 saturated heterocycles. The molecular formula is C19H19N3O3S. The number of aromatic nitrogens is 1. The van der Waals surface area contributed by atoms with Crippen LogP contribution in [0.3, 0.4) is 0 Å². The highest BCUT2D eigenvalue weighted by Crippen LogP contribution is 2.33. The molecule has 134 valence electrons. The van der Waals surface area contributed by atoms with Crippen LogP contribution >= 0.6 is 11.3 Å². The molecule has 0 spiro atoms. The molecule has 2 atom stereocenters. The smallest absolute Gasteiger partial charge is 0.306 e. The summed E-state index contributed by atoms with van der Waals surface area (Å²) in [4.78, 5) is 28.6. The Hall–Kier alpha value is -2.72. The quantitative estimate of drug-likeness (QED) is 0.853. The zero-order chi connectivity index (χ0) is 18.7. The molecule has 1 aromatic carbocycles. The van der Waals surface area contributed by atoms with E-state index < -0.39 is 11.9 Å². The molecule has 1 aliphatic carbocycles. The third-order valence-corrected chi connectivity index (χ3v) is 5.52. The number of aliphatic carboxylic acids is 1. The molecule has 1 saturated carbocycles. The average Bonchev–Trinajstić information content (AvgIpc) is 3.04. The number of amides is 1. The number of anilines is 1. The Labute approximate surface area is 155 Å². The zero-order valence-corrected chi connectivity index (χ0v) is 15.2. The van der Waals surface area contributed by atoms with Gasteiger partial charge in [0.15, 0.2) is 5.13 Å². The summed E-state index contributed by atoms with van der Waals surface area (Å²) in [6.07, 6.45) is 2.37. The number of rotatable bonds is 4. The Balaban J connectivity index is 1.77. The van der Waals surface area contributed by atoms with Crippen molar-refractivity contribution in [3.63, 3.8) is 0 Å². The normalized spacial score (nSPS) is 19.5. The number of carbonyl (C=O) groups excluding carboxylic acids is 1. The molecular weight excluding hydrogens is 350 g/mol. The van der Waals surface area contributed by atoms with Crippen molar-refractivity contribution >= 4 is 28.3 Å². The van der Waals surface area contributed by atoms with Gasteiger partial charge in [-0.25, -0.2) is 4.98 Å². The van der Waals surface area contributed by atoms with Gasteiger partial charge in [-0.3, -0.25) is 9.59 Å². The molecule has 26 heavy (non-hydrogen) atoms. The van der Waals surface area contributed by atoms with E-state index in [0.29, 0.717) is 35.0 Å². The molecule has 1 aromatic heterocycles. The van der Waals surface area contributed by atoms with Crippen molar-refractivity contribution in [1.29, 1.82) is 5.26 Å². The number of thiazole rings is 1. The molecule has 0 aliphatic heterocycles. The van der Waals surface area contributed by atoms with Gasteiger partial charge in [0.25, 0.3) is 0 Å². The summed E-state index contributed by atoms with van der Waals surface area (Å²) in [6.45, 7) is 1.96. The largest absolute Gasteiger partial charge is 0.481 e. The Morgan fingerprint density at radius 3 is 2.81 bits per heavy atom. The summed E-state index contributed by atoms with van der Waals surface area (Å²) in [7, 11) is 0. The summed E-state index contributed by atoms with van der Waals surface area (Å²) in [5.74, 6) is -1.86. The van der Waals surface area contributed by atoms with Crippen LogP contribution in [0.15, 0.2) is 24.3 Å². The van der Waals surface area contributed by atoms with Gasteiger partial charge in [-0.05, 0) is 32.3 Å². The Morgan fingerprint density at radius 2 is 2.12 bits per heavy atom. The van der Waals surface area contributed by atoms with Crippen LogP contribution in [0.4, 0.5) is 5.13 Å². The molecule has 1 heterocycles. The minimum absolute atomic E-state index is 0.218. The van der Waals surface area contributed by atoms with E-state index in [4.69, 9.17) is 5.11 Å². The lowest BCUT2D eigenvalue weighted by Crippen LogP contribution is -2.30. The number of carbonyl (C=O) groups is 2. The fourth-order valence-electron chi connectivity index (χ4n) is 3.30. The first kappa shape index (κ1) is 18.1. The van der Waals surface area contributed by atoms with Gasteiger partial charge >= 0.3 is 5.97 Å². The summed E-state index contributed by atoms with van der Waals surface area (Å²) >= 11 is 1.14. The standard InChI is InChI=1S/C19H19N3O3S/c1-11-4-2-5-12(8-11)16-15(10-20)26-19(21-16)22-17(23)13-6-3-7-14(9-13)18(24)25/h2,4-5,8,13-14H,3,6-7,9H2,1H3,(H,24,25)(H,21,22,23). The van der Waals surface area contributed by atoms with Gasteiger partial charge in [-0.2, -0.15) is 5.26 Å². The molecule has 3 rings (SSSR count). The number of benzene rings is 1. The third-order valence-electron chi connectivity index (χ3n) is 4.64. The summed E-state index contributed by atoms with van der Waals surface area (Å²) < 4.78 is 0. The van der Waals surface area contributed by atoms with Crippen molar-refractivity contribution in [2.45, 2.75) is 32.6 Å². The van der Waals surface area contributed by atoms with Gasteiger partial charge in [-0.1, -0.05) is 41.5 Å². The summed E-state index contributed by atoms with van der Waals surface area (Å²) in [5, 5.41) is 21.7. The van der Waals surface area contributed by atoms with E-state index in [9.17, 15) is 14.9 Å². The van der Waals surface area contributed by atoms with Crippen LogP contribution < -0.4 is 5.32 Å².